The number of benzene rings is 2. The van der Waals surface area contributed by atoms with Crippen LogP contribution in [0.1, 0.15) is 43.4 Å². The summed E-state index contributed by atoms with van der Waals surface area (Å²) >= 11 is 0. The van der Waals surface area contributed by atoms with E-state index in [4.69, 9.17) is 13.8 Å². The standard InChI is InChI=1S/C27H37N2O4P/c1-21(2)17-23-8-6-22(7-9-23)5-3-14-29-27-11-10-24(18-26(27)25-12-16-32-20-25)19-28-13-4-15-33-34(30)31/h6-12,16,18,20-21,28-29,34H,3-5,13-15,17,19H2,1-2H3,(H,30,31). The quantitative estimate of drug-likeness (QED) is 0.179. The molecule has 0 amide bonds. The van der Waals surface area contributed by atoms with Crippen molar-refractivity contribution in [3.63, 3.8) is 0 Å². The maximum Gasteiger partial charge on any atom is 0.316 e. The van der Waals surface area contributed by atoms with Crippen LogP contribution in [0.5, 0.6) is 0 Å². The van der Waals surface area contributed by atoms with Crippen molar-refractivity contribution in [2.45, 2.75) is 46.1 Å². The molecule has 3 N–H and O–H groups in total. The maximum absolute atomic E-state index is 10.6. The average molecular weight is 485 g/mol. The van der Waals surface area contributed by atoms with E-state index in [-0.39, 0.29) is 6.61 Å². The van der Waals surface area contributed by atoms with Crippen LogP contribution >= 0.6 is 8.25 Å². The molecule has 2 aromatic carbocycles. The minimum Gasteiger partial charge on any atom is -0.472 e. The number of furan rings is 1. The van der Waals surface area contributed by atoms with Gasteiger partial charge in [0.1, 0.15) is 0 Å². The van der Waals surface area contributed by atoms with Gasteiger partial charge in [-0.15, -0.1) is 0 Å². The van der Waals surface area contributed by atoms with Crippen molar-refractivity contribution in [2.75, 3.05) is 25.0 Å². The summed E-state index contributed by atoms with van der Waals surface area (Å²) in [7, 11) is -2.83. The zero-order chi connectivity index (χ0) is 24.2. The summed E-state index contributed by atoms with van der Waals surface area (Å²) in [6, 6.07) is 17.4. The van der Waals surface area contributed by atoms with Crippen molar-refractivity contribution in [3.05, 3.63) is 77.7 Å². The van der Waals surface area contributed by atoms with Crippen LogP contribution in [0.4, 0.5) is 5.69 Å². The second-order valence-electron chi connectivity index (χ2n) is 8.98. The van der Waals surface area contributed by atoms with E-state index in [2.05, 4.69) is 66.9 Å². The number of hydrogen-bond acceptors (Lipinski definition) is 5. The van der Waals surface area contributed by atoms with Crippen LogP contribution < -0.4 is 10.6 Å². The zero-order valence-electron chi connectivity index (χ0n) is 20.2. The molecule has 0 bridgehead atoms. The van der Waals surface area contributed by atoms with Crippen LogP contribution in [-0.2, 0) is 28.5 Å². The second kappa shape index (κ2) is 14.1. The van der Waals surface area contributed by atoms with Gasteiger partial charge in [0.15, 0.2) is 0 Å². The highest BCUT2D eigenvalue weighted by Gasteiger charge is 2.08. The number of aryl methyl sites for hydroxylation is 1. The lowest BCUT2D eigenvalue weighted by Crippen LogP contribution is -2.16. The number of hydrogen-bond donors (Lipinski definition) is 3. The zero-order valence-corrected chi connectivity index (χ0v) is 21.2. The monoisotopic (exact) mass is 484 g/mol. The van der Waals surface area contributed by atoms with Gasteiger partial charge in [-0.05, 0) is 73.0 Å². The van der Waals surface area contributed by atoms with Gasteiger partial charge in [-0.25, -0.2) is 0 Å². The maximum atomic E-state index is 10.6. The summed E-state index contributed by atoms with van der Waals surface area (Å²) in [5.41, 5.74) is 7.22. The van der Waals surface area contributed by atoms with Gasteiger partial charge < -0.3 is 24.5 Å². The molecule has 1 heterocycles. The fourth-order valence-electron chi connectivity index (χ4n) is 3.93. The first-order valence-corrected chi connectivity index (χ1v) is 13.3. The second-order valence-corrected chi connectivity index (χ2v) is 9.80. The average Bonchev–Trinajstić information content (AvgIpc) is 3.35. The predicted molar refractivity (Wildman–Crippen MR) is 139 cm³/mol. The molecule has 0 spiro atoms. The largest absolute Gasteiger partial charge is 0.472 e. The van der Waals surface area contributed by atoms with E-state index in [1.54, 1.807) is 12.5 Å². The first kappa shape index (κ1) is 26.2. The van der Waals surface area contributed by atoms with E-state index >= 15 is 0 Å². The van der Waals surface area contributed by atoms with Gasteiger partial charge in [0.25, 0.3) is 0 Å². The molecule has 0 fully saturated rings. The van der Waals surface area contributed by atoms with Gasteiger partial charge in [0.2, 0.25) is 0 Å². The summed E-state index contributed by atoms with van der Waals surface area (Å²) in [6.45, 7) is 7.11. The van der Waals surface area contributed by atoms with Gasteiger partial charge in [-0.1, -0.05) is 44.2 Å². The molecule has 6 nitrogen and oxygen atoms in total. The van der Waals surface area contributed by atoms with E-state index in [9.17, 15) is 4.57 Å². The molecule has 0 aliphatic carbocycles. The minimum atomic E-state index is -2.83. The first-order chi connectivity index (χ1) is 16.5. The van der Waals surface area contributed by atoms with Crippen LogP contribution in [0.15, 0.2) is 65.5 Å². The lowest BCUT2D eigenvalue weighted by atomic mass is 10.0. The topological polar surface area (TPSA) is 83.7 Å². The highest BCUT2D eigenvalue weighted by atomic mass is 31.1. The van der Waals surface area contributed by atoms with Crippen LogP contribution in [0, 0.1) is 5.92 Å². The molecule has 1 aromatic heterocycles. The Hall–Kier alpha value is -2.37. The van der Waals surface area contributed by atoms with E-state index in [0.717, 1.165) is 42.6 Å². The Morgan fingerprint density at radius 3 is 2.47 bits per heavy atom. The van der Waals surface area contributed by atoms with E-state index < -0.39 is 8.25 Å². The Kier molecular flexibility index (Phi) is 10.9. The fourth-order valence-corrected chi connectivity index (χ4v) is 4.25. The minimum absolute atomic E-state index is 0.284. The summed E-state index contributed by atoms with van der Waals surface area (Å²) in [5.74, 6) is 0.682. The Morgan fingerprint density at radius 1 is 1.00 bits per heavy atom. The molecular weight excluding hydrogens is 447 g/mol. The molecule has 0 aliphatic rings. The first-order valence-electron chi connectivity index (χ1n) is 12.0. The highest BCUT2D eigenvalue weighted by molar-refractivity contribution is 7.32. The van der Waals surface area contributed by atoms with Crippen molar-refractivity contribution in [2.24, 2.45) is 5.92 Å². The summed E-state index contributed by atoms with van der Waals surface area (Å²) in [5, 5.41) is 6.96. The summed E-state index contributed by atoms with van der Waals surface area (Å²) in [4.78, 5) is 8.70. The third-order valence-corrected chi connectivity index (χ3v) is 6.04. The molecule has 7 heteroatoms. The molecule has 0 saturated heterocycles. The van der Waals surface area contributed by atoms with Crippen molar-refractivity contribution in [1.29, 1.82) is 0 Å². The lowest BCUT2D eigenvalue weighted by molar-refractivity contribution is 0.276. The van der Waals surface area contributed by atoms with Crippen molar-refractivity contribution in [3.8, 4) is 11.1 Å². The smallest absolute Gasteiger partial charge is 0.316 e. The van der Waals surface area contributed by atoms with Crippen molar-refractivity contribution >= 4 is 13.9 Å². The third-order valence-electron chi connectivity index (χ3n) is 5.59. The summed E-state index contributed by atoms with van der Waals surface area (Å²) in [6.07, 6.45) is 7.38. The van der Waals surface area contributed by atoms with Crippen LogP contribution in [-0.4, -0.2) is 24.6 Å². The third kappa shape index (κ3) is 9.11. The molecule has 0 saturated carbocycles. The Balaban J connectivity index is 1.50. The van der Waals surface area contributed by atoms with Gasteiger partial charge in [-0.2, -0.15) is 0 Å². The van der Waals surface area contributed by atoms with Crippen LogP contribution in [0.2, 0.25) is 0 Å². The fraction of sp³-hybridized carbons (Fsp3) is 0.407. The van der Waals surface area contributed by atoms with E-state index in [1.807, 2.05) is 6.07 Å². The number of anilines is 1. The van der Waals surface area contributed by atoms with Crippen LogP contribution in [0.25, 0.3) is 11.1 Å². The Labute approximate surface area is 203 Å². The normalized spacial score (nSPS) is 12.2. The molecule has 1 atom stereocenters. The number of rotatable bonds is 15. The molecule has 3 aromatic rings. The molecule has 0 aliphatic heterocycles. The Bertz CT molecular complexity index is 1000. The molecular formula is C27H37N2O4P. The lowest BCUT2D eigenvalue weighted by Gasteiger charge is -2.14. The van der Waals surface area contributed by atoms with Gasteiger partial charge >= 0.3 is 8.25 Å². The van der Waals surface area contributed by atoms with Gasteiger partial charge in [0.05, 0.1) is 19.1 Å². The SMILES string of the molecule is CC(C)Cc1ccc(CCCNc2ccc(CNCCCO[PH](=O)O)cc2-c2ccoc2)cc1. The number of nitrogens with one attached hydrogen (secondary N) is 2. The van der Waals surface area contributed by atoms with E-state index in [1.165, 1.54) is 16.7 Å². The Morgan fingerprint density at radius 2 is 1.76 bits per heavy atom. The van der Waals surface area contributed by atoms with Crippen LogP contribution in [0.3, 0.4) is 0 Å². The van der Waals surface area contributed by atoms with Gasteiger partial charge in [-0.3, -0.25) is 4.57 Å². The molecule has 34 heavy (non-hydrogen) atoms. The van der Waals surface area contributed by atoms with Crippen molar-refractivity contribution in [1.82, 2.24) is 5.32 Å². The summed E-state index contributed by atoms with van der Waals surface area (Å²) < 4.78 is 20.6. The predicted octanol–water partition coefficient (Wildman–Crippen LogP) is 6.07. The molecule has 3 rings (SSSR count). The highest BCUT2D eigenvalue weighted by Crippen LogP contribution is 2.30. The van der Waals surface area contributed by atoms with Crippen molar-refractivity contribution < 1.29 is 18.4 Å². The molecule has 184 valence electrons. The van der Waals surface area contributed by atoms with E-state index in [0.29, 0.717) is 25.4 Å². The molecule has 1 unspecified atom stereocenters. The molecule has 0 radical (unpaired) electrons. The van der Waals surface area contributed by atoms with Gasteiger partial charge in [0, 0.05) is 29.9 Å².